The minimum Gasteiger partial charge on any atom is -0.309 e. The monoisotopic (exact) mass is 715 g/mol. The number of nitrogens with zero attached hydrogens (tertiary/aromatic N) is 1. The zero-order chi connectivity index (χ0) is 37.6. The molecule has 0 fully saturated rings. The molecular formula is C55H41N. The maximum Gasteiger partial charge on any atom is 0.0549 e. The van der Waals surface area contributed by atoms with Crippen LogP contribution in [0.25, 0.3) is 66.4 Å². The van der Waals surface area contributed by atoms with Crippen LogP contribution in [0, 0.1) is 0 Å². The van der Waals surface area contributed by atoms with Gasteiger partial charge in [0.25, 0.3) is 0 Å². The van der Waals surface area contributed by atoms with Crippen LogP contribution in [0.5, 0.6) is 0 Å². The minimum absolute atomic E-state index is 0.235. The quantitative estimate of drug-likeness (QED) is 0.159. The molecule has 0 saturated heterocycles. The first-order valence-electron chi connectivity index (χ1n) is 19.5. The van der Waals surface area contributed by atoms with Gasteiger partial charge in [-0.3, -0.25) is 0 Å². The predicted molar refractivity (Wildman–Crippen MR) is 238 cm³/mol. The maximum absolute atomic E-state index is 2.51. The second-order valence-electron chi connectivity index (χ2n) is 15.3. The Kier molecular flexibility index (Phi) is 8.23. The third-order valence-corrected chi connectivity index (χ3v) is 11.6. The number of benzene rings is 9. The third-order valence-electron chi connectivity index (χ3n) is 11.6. The van der Waals surface area contributed by atoms with E-state index in [9.17, 15) is 0 Å². The van der Waals surface area contributed by atoms with Crippen molar-refractivity contribution in [2.45, 2.75) is 19.3 Å². The lowest BCUT2D eigenvalue weighted by Crippen LogP contribution is -2.17. The van der Waals surface area contributed by atoms with Crippen molar-refractivity contribution in [2.75, 3.05) is 4.90 Å². The molecule has 56 heavy (non-hydrogen) atoms. The fourth-order valence-electron chi connectivity index (χ4n) is 8.88. The zero-order valence-electron chi connectivity index (χ0n) is 31.7. The molecule has 0 aromatic heterocycles. The van der Waals surface area contributed by atoms with E-state index >= 15 is 0 Å². The van der Waals surface area contributed by atoms with Gasteiger partial charge in [0.2, 0.25) is 0 Å². The van der Waals surface area contributed by atoms with Crippen LogP contribution >= 0.6 is 0 Å². The van der Waals surface area contributed by atoms with Gasteiger partial charge in [-0.1, -0.05) is 196 Å². The molecule has 9 aromatic carbocycles. The molecule has 0 aliphatic heterocycles. The minimum atomic E-state index is -0.235. The standard InChI is InChI=1S/C55H41N/c1-55(2)50-36-44(40-20-10-5-11-21-40)32-35-49(50)53-52(37-45-22-12-13-24-48(45)54(53)55)56(46-33-30-42(31-34-46)39-18-8-4-9-19-39)51-25-15-14-23-47(51)43-28-26-41(27-29-43)38-16-6-3-7-17-38/h3-37H,1-2H3. The molecule has 0 atom stereocenters. The maximum atomic E-state index is 2.51. The summed E-state index contributed by atoms with van der Waals surface area (Å²) in [7, 11) is 0. The van der Waals surface area contributed by atoms with Gasteiger partial charge in [0.15, 0.2) is 0 Å². The van der Waals surface area contributed by atoms with Crippen molar-refractivity contribution in [3.05, 3.63) is 223 Å². The van der Waals surface area contributed by atoms with Crippen molar-refractivity contribution in [3.8, 4) is 55.6 Å². The van der Waals surface area contributed by atoms with Crippen molar-refractivity contribution >= 4 is 27.8 Å². The van der Waals surface area contributed by atoms with Crippen molar-refractivity contribution < 1.29 is 0 Å². The van der Waals surface area contributed by atoms with Crippen molar-refractivity contribution in [1.82, 2.24) is 0 Å². The van der Waals surface area contributed by atoms with Gasteiger partial charge in [-0.25, -0.2) is 0 Å². The summed E-state index contributed by atoms with van der Waals surface area (Å²) in [5.74, 6) is 0. The van der Waals surface area contributed by atoms with Gasteiger partial charge in [0.1, 0.15) is 0 Å². The van der Waals surface area contributed by atoms with E-state index in [1.54, 1.807) is 0 Å². The van der Waals surface area contributed by atoms with Crippen LogP contribution in [0.15, 0.2) is 212 Å². The fraction of sp³-hybridized carbons (Fsp3) is 0.0545. The molecule has 9 aromatic rings. The molecule has 0 unspecified atom stereocenters. The van der Waals surface area contributed by atoms with Crippen LogP contribution in [0.2, 0.25) is 0 Å². The molecule has 1 aliphatic carbocycles. The second kappa shape index (κ2) is 13.7. The van der Waals surface area contributed by atoms with Crippen molar-refractivity contribution in [2.24, 2.45) is 0 Å². The van der Waals surface area contributed by atoms with Gasteiger partial charge in [-0.05, 0) is 96.7 Å². The van der Waals surface area contributed by atoms with Gasteiger partial charge < -0.3 is 4.90 Å². The second-order valence-corrected chi connectivity index (χ2v) is 15.3. The molecule has 1 aliphatic rings. The molecule has 0 N–H and O–H groups in total. The molecule has 0 spiro atoms. The highest BCUT2D eigenvalue weighted by atomic mass is 15.1. The topological polar surface area (TPSA) is 3.24 Å². The summed E-state index contributed by atoms with van der Waals surface area (Å²) in [5, 5.41) is 2.54. The molecular weight excluding hydrogens is 675 g/mol. The summed E-state index contributed by atoms with van der Waals surface area (Å²) in [6, 6.07) is 77.5. The lowest BCUT2D eigenvalue weighted by Gasteiger charge is -2.31. The first-order chi connectivity index (χ1) is 27.5. The SMILES string of the molecule is CC1(C)c2cc(-c3ccccc3)ccc2-c2c(N(c3ccc(-c4ccccc4)cc3)c3ccccc3-c3ccc(-c4ccccc4)cc3)cc3ccccc3c21. The Bertz CT molecular complexity index is 2840. The summed E-state index contributed by atoms with van der Waals surface area (Å²) in [4.78, 5) is 2.51. The highest BCUT2D eigenvalue weighted by Crippen LogP contribution is 2.58. The lowest BCUT2D eigenvalue weighted by molar-refractivity contribution is 0.666. The number of para-hydroxylation sites is 1. The predicted octanol–water partition coefficient (Wildman–Crippen LogP) is 15.3. The van der Waals surface area contributed by atoms with Crippen LogP contribution in [-0.4, -0.2) is 0 Å². The Morgan fingerprint density at radius 3 is 1.48 bits per heavy atom. The summed E-state index contributed by atoms with van der Waals surface area (Å²) < 4.78 is 0. The van der Waals surface area contributed by atoms with Crippen LogP contribution in [0.1, 0.15) is 25.0 Å². The number of rotatable bonds is 7. The molecule has 0 heterocycles. The van der Waals surface area contributed by atoms with E-state index < -0.39 is 0 Å². The van der Waals surface area contributed by atoms with Gasteiger partial charge in [-0.2, -0.15) is 0 Å². The highest BCUT2D eigenvalue weighted by molar-refractivity contribution is 6.07. The van der Waals surface area contributed by atoms with Crippen LogP contribution < -0.4 is 4.90 Å². The van der Waals surface area contributed by atoms with E-state index in [1.807, 2.05) is 0 Å². The van der Waals surface area contributed by atoms with Crippen LogP contribution in [0.4, 0.5) is 17.1 Å². The van der Waals surface area contributed by atoms with E-state index in [2.05, 4.69) is 231 Å². The largest absolute Gasteiger partial charge is 0.309 e. The van der Waals surface area contributed by atoms with E-state index in [4.69, 9.17) is 0 Å². The molecule has 266 valence electrons. The summed E-state index contributed by atoms with van der Waals surface area (Å²) in [5.41, 5.74) is 18.2. The summed E-state index contributed by atoms with van der Waals surface area (Å²) >= 11 is 0. The Labute approximate surface area is 329 Å². The fourth-order valence-corrected chi connectivity index (χ4v) is 8.88. The van der Waals surface area contributed by atoms with E-state index in [-0.39, 0.29) is 5.41 Å². The Morgan fingerprint density at radius 1 is 0.357 bits per heavy atom. The van der Waals surface area contributed by atoms with Crippen molar-refractivity contribution in [3.63, 3.8) is 0 Å². The number of anilines is 3. The molecule has 0 radical (unpaired) electrons. The lowest BCUT2D eigenvalue weighted by atomic mass is 9.79. The van der Waals surface area contributed by atoms with Gasteiger partial charge in [0.05, 0.1) is 11.4 Å². The Hall–Kier alpha value is -6.96. The molecule has 1 heteroatoms. The van der Waals surface area contributed by atoms with Gasteiger partial charge in [0, 0.05) is 22.2 Å². The Balaban J connectivity index is 1.22. The summed E-state index contributed by atoms with van der Waals surface area (Å²) in [6.45, 7) is 4.81. The molecule has 0 saturated carbocycles. The zero-order valence-corrected chi connectivity index (χ0v) is 31.7. The normalized spacial score (nSPS) is 12.6. The first kappa shape index (κ1) is 33.6. The van der Waals surface area contributed by atoms with Crippen LogP contribution in [0.3, 0.4) is 0 Å². The highest BCUT2D eigenvalue weighted by Gasteiger charge is 2.40. The first-order valence-corrected chi connectivity index (χ1v) is 19.5. The van der Waals surface area contributed by atoms with Gasteiger partial charge in [-0.15, -0.1) is 0 Å². The van der Waals surface area contributed by atoms with Crippen LogP contribution in [-0.2, 0) is 5.41 Å². The summed E-state index contributed by atoms with van der Waals surface area (Å²) in [6.07, 6.45) is 0. The Morgan fingerprint density at radius 2 is 0.839 bits per heavy atom. The number of hydrogen-bond donors (Lipinski definition) is 0. The van der Waals surface area contributed by atoms with E-state index in [0.717, 1.165) is 11.4 Å². The average Bonchev–Trinajstić information content (AvgIpc) is 3.51. The molecule has 1 nitrogen and oxygen atoms in total. The molecule has 0 amide bonds. The molecule has 0 bridgehead atoms. The molecule has 10 rings (SSSR count). The third kappa shape index (κ3) is 5.72. The number of hydrogen-bond acceptors (Lipinski definition) is 1. The van der Waals surface area contributed by atoms with Crippen molar-refractivity contribution in [1.29, 1.82) is 0 Å². The van der Waals surface area contributed by atoms with E-state index in [1.165, 1.54) is 83.2 Å². The number of fused-ring (bicyclic) bond motifs is 5. The van der Waals surface area contributed by atoms with E-state index in [0.29, 0.717) is 0 Å². The smallest absolute Gasteiger partial charge is 0.0549 e. The average molecular weight is 716 g/mol. The van der Waals surface area contributed by atoms with Gasteiger partial charge >= 0.3 is 0 Å².